The smallest absolute Gasteiger partial charge is 0.416 e. The number of benzene rings is 2. The van der Waals surface area contributed by atoms with Gasteiger partial charge >= 0.3 is 12.3 Å². The SMILES string of the molecule is CC(C)(C)OC(=O)N1CCC(NC2=NCCOc3ccc(-c4ccc(C(F)(F)F)cc4)cc32)C1. The number of alkyl halides is 3. The summed E-state index contributed by atoms with van der Waals surface area (Å²) in [6.07, 6.45) is -3.97. The van der Waals surface area contributed by atoms with Crippen molar-refractivity contribution in [1.29, 1.82) is 0 Å². The van der Waals surface area contributed by atoms with Crippen LogP contribution in [-0.4, -0.2) is 54.7 Å². The van der Waals surface area contributed by atoms with E-state index in [9.17, 15) is 18.0 Å². The lowest BCUT2D eigenvalue weighted by atomic mass is 10.00. The number of likely N-dealkylation sites (tertiary alicyclic amines) is 1. The highest BCUT2D eigenvalue weighted by Crippen LogP contribution is 2.33. The monoisotopic (exact) mass is 475 g/mol. The van der Waals surface area contributed by atoms with E-state index in [1.807, 2.05) is 39.0 Å². The number of aliphatic imine (C=N–C) groups is 1. The topological polar surface area (TPSA) is 63.2 Å². The van der Waals surface area contributed by atoms with Crippen LogP contribution in [0.1, 0.15) is 38.3 Å². The molecule has 1 fully saturated rings. The molecule has 0 aliphatic carbocycles. The van der Waals surface area contributed by atoms with Crippen LogP contribution in [0.2, 0.25) is 0 Å². The van der Waals surface area contributed by atoms with Crippen LogP contribution in [0, 0.1) is 0 Å². The number of hydrogen-bond donors (Lipinski definition) is 1. The van der Waals surface area contributed by atoms with Crippen molar-refractivity contribution >= 4 is 11.9 Å². The van der Waals surface area contributed by atoms with E-state index >= 15 is 0 Å². The van der Waals surface area contributed by atoms with E-state index < -0.39 is 17.3 Å². The molecule has 6 nitrogen and oxygen atoms in total. The number of halogens is 3. The van der Waals surface area contributed by atoms with Gasteiger partial charge in [0, 0.05) is 19.1 Å². The molecule has 2 aliphatic heterocycles. The molecule has 1 N–H and O–H groups in total. The fourth-order valence-corrected chi connectivity index (χ4v) is 3.96. The van der Waals surface area contributed by atoms with E-state index in [2.05, 4.69) is 10.3 Å². The maximum Gasteiger partial charge on any atom is 0.416 e. The van der Waals surface area contributed by atoms with E-state index in [-0.39, 0.29) is 12.1 Å². The minimum absolute atomic E-state index is 0.00746. The van der Waals surface area contributed by atoms with Crippen molar-refractivity contribution in [2.24, 2.45) is 4.99 Å². The maximum absolute atomic E-state index is 12.9. The average molecular weight is 476 g/mol. The summed E-state index contributed by atoms with van der Waals surface area (Å²) in [5.41, 5.74) is 0.921. The molecule has 0 aromatic heterocycles. The van der Waals surface area contributed by atoms with Crippen molar-refractivity contribution in [2.45, 2.75) is 45.0 Å². The Bertz CT molecular complexity index is 1080. The van der Waals surface area contributed by atoms with Gasteiger partial charge in [0.1, 0.15) is 23.8 Å². The molecule has 34 heavy (non-hydrogen) atoms. The van der Waals surface area contributed by atoms with Crippen molar-refractivity contribution in [3.05, 3.63) is 53.6 Å². The van der Waals surface area contributed by atoms with Crippen LogP contribution in [0.15, 0.2) is 47.5 Å². The predicted molar refractivity (Wildman–Crippen MR) is 123 cm³/mol. The highest BCUT2D eigenvalue weighted by molar-refractivity contribution is 6.02. The lowest BCUT2D eigenvalue weighted by Gasteiger charge is -2.24. The zero-order valence-corrected chi connectivity index (χ0v) is 19.4. The molecule has 1 saturated heterocycles. The van der Waals surface area contributed by atoms with Crippen molar-refractivity contribution in [3.63, 3.8) is 0 Å². The van der Waals surface area contributed by atoms with Crippen LogP contribution >= 0.6 is 0 Å². The Morgan fingerprint density at radius 2 is 1.82 bits per heavy atom. The first-order chi connectivity index (χ1) is 16.0. The molecule has 4 rings (SSSR count). The summed E-state index contributed by atoms with van der Waals surface area (Å²) in [6.45, 7) is 7.46. The van der Waals surface area contributed by atoms with E-state index in [0.717, 1.165) is 29.7 Å². The van der Waals surface area contributed by atoms with Gasteiger partial charge in [0.15, 0.2) is 0 Å². The van der Waals surface area contributed by atoms with Gasteiger partial charge in [-0.2, -0.15) is 13.2 Å². The van der Waals surface area contributed by atoms with Crippen LogP contribution < -0.4 is 10.1 Å². The quantitative estimate of drug-likeness (QED) is 0.656. The lowest BCUT2D eigenvalue weighted by Crippen LogP contribution is -2.40. The van der Waals surface area contributed by atoms with E-state index in [1.54, 1.807) is 4.90 Å². The van der Waals surface area contributed by atoms with Gasteiger partial charge in [-0.1, -0.05) is 18.2 Å². The van der Waals surface area contributed by atoms with Gasteiger partial charge < -0.3 is 19.7 Å². The third kappa shape index (κ3) is 5.63. The summed E-state index contributed by atoms with van der Waals surface area (Å²) in [7, 11) is 0. The molecule has 0 bridgehead atoms. The fraction of sp³-hybridized carbons (Fsp3) is 0.440. The van der Waals surface area contributed by atoms with Crippen LogP contribution in [0.4, 0.5) is 18.0 Å². The molecule has 2 aromatic carbocycles. The van der Waals surface area contributed by atoms with Gasteiger partial charge in [0.2, 0.25) is 0 Å². The number of nitrogens with zero attached hydrogens (tertiary/aromatic N) is 2. The number of nitrogens with one attached hydrogen (secondary N) is 1. The van der Waals surface area contributed by atoms with Gasteiger partial charge in [0.05, 0.1) is 17.7 Å². The third-order valence-corrected chi connectivity index (χ3v) is 5.58. The predicted octanol–water partition coefficient (Wildman–Crippen LogP) is 5.11. The minimum atomic E-state index is -4.38. The van der Waals surface area contributed by atoms with Crippen LogP contribution in [0.5, 0.6) is 5.75 Å². The number of ether oxygens (including phenoxy) is 2. The molecule has 0 radical (unpaired) electrons. The van der Waals surface area contributed by atoms with E-state index in [0.29, 0.717) is 43.4 Å². The van der Waals surface area contributed by atoms with Gasteiger partial charge in [-0.15, -0.1) is 0 Å². The third-order valence-electron chi connectivity index (χ3n) is 5.58. The summed E-state index contributed by atoms with van der Waals surface area (Å²) in [5.74, 6) is 1.30. The lowest BCUT2D eigenvalue weighted by molar-refractivity contribution is -0.137. The fourth-order valence-electron chi connectivity index (χ4n) is 3.96. The first kappa shape index (κ1) is 23.9. The van der Waals surface area contributed by atoms with Gasteiger partial charge in [-0.3, -0.25) is 4.99 Å². The molecule has 2 aromatic rings. The Hall–Kier alpha value is -3.23. The number of amides is 1. The average Bonchev–Trinajstić information content (AvgIpc) is 3.14. The van der Waals surface area contributed by atoms with Crippen molar-refractivity contribution < 1.29 is 27.4 Å². The second-order valence-electron chi connectivity index (χ2n) is 9.42. The first-order valence-electron chi connectivity index (χ1n) is 11.2. The summed E-state index contributed by atoms with van der Waals surface area (Å²) >= 11 is 0. The standard InChI is InChI=1S/C25H28F3N3O3/c1-24(2,3)34-23(32)31-12-10-19(15-31)30-22-20-14-17(6-9-21(20)33-13-11-29-22)16-4-7-18(8-5-16)25(26,27)28/h4-9,14,19H,10-13,15H2,1-3H3,(H,29,30). The van der Waals surface area contributed by atoms with Gasteiger partial charge in [0.25, 0.3) is 0 Å². The number of carbonyl (C=O) groups excluding carboxylic acids is 1. The Morgan fingerprint density at radius 3 is 2.50 bits per heavy atom. The second kappa shape index (κ2) is 9.19. The summed E-state index contributed by atoms with van der Waals surface area (Å²) < 4.78 is 50.1. The Balaban J connectivity index is 1.52. The molecule has 182 valence electrons. The van der Waals surface area contributed by atoms with E-state index in [1.165, 1.54) is 12.1 Å². The number of rotatable bonds is 2. The molecule has 9 heteroatoms. The van der Waals surface area contributed by atoms with Gasteiger partial charge in [-0.05, 0) is 62.6 Å². The molecule has 1 atom stereocenters. The van der Waals surface area contributed by atoms with Crippen molar-refractivity contribution in [1.82, 2.24) is 10.2 Å². The zero-order valence-electron chi connectivity index (χ0n) is 19.4. The summed E-state index contributed by atoms with van der Waals surface area (Å²) in [6, 6.07) is 10.6. The molecule has 1 unspecified atom stereocenters. The Morgan fingerprint density at radius 1 is 1.12 bits per heavy atom. The molecule has 0 spiro atoms. The van der Waals surface area contributed by atoms with Crippen LogP contribution in [-0.2, 0) is 10.9 Å². The number of fused-ring (bicyclic) bond motifs is 1. The summed E-state index contributed by atoms with van der Waals surface area (Å²) in [5, 5.41) is 3.44. The maximum atomic E-state index is 12.9. The molecular formula is C25H28F3N3O3. The minimum Gasteiger partial charge on any atom is -0.491 e. The second-order valence-corrected chi connectivity index (χ2v) is 9.42. The van der Waals surface area contributed by atoms with Crippen LogP contribution in [0.3, 0.4) is 0 Å². The van der Waals surface area contributed by atoms with Crippen LogP contribution in [0.25, 0.3) is 11.1 Å². The molecule has 2 aliphatic rings. The summed E-state index contributed by atoms with van der Waals surface area (Å²) in [4.78, 5) is 18.7. The molecular weight excluding hydrogens is 447 g/mol. The highest BCUT2D eigenvalue weighted by atomic mass is 19.4. The van der Waals surface area contributed by atoms with Crippen molar-refractivity contribution in [3.8, 4) is 16.9 Å². The number of carbonyl (C=O) groups is 1. The molecule has 0 saturated carbocycles. The Labute approximate surface area is 196 Å². The zero-order chi connectivity index (χ0) is 24.5. The van der Waals surface area contributed by atoms with Gasteiger partial charge in [-0.25, -0.2) is 4.79 Å². The normalized spacial score (nSPS) is 18.5. The number of hydrogen-bond acceptors (Lipinski definition) is 5. The molecule has 1 amide bonds. The number of amidine groups is 1. The van der Waals surface area contributed by atoms with Crippen molar-refractivity contribution in [2.75, 3.05) is 26.2 Å². The van der Waals surface area contributed by atoms with E-state index in [4.69, 9.17) is 9.47 Å². The highest BCUT2D eigenvalue weighted by Gasteiger charge is 2.32. The Kier molecular flexibility index (Phi) is 6.47. The first-order valence-corrected chi connectivity index (χ1v) is 11.2. The largest absolute Gasteiger partial charge is 0.491 e. The molecule has 2 heterocycles.